The number of aromatic nitrogens is 1. The van der Waals surface area contributed by atoms with Gasteiger partial charge in [0.15, 0.2) is 0 Å². The van der Waals surface area contributed by atoms with Crippen LogP contribution in [0.5, 0.6) is 0 Å². The number of hydrogen-bond donors (Lipinski definition) is 3. The summed E-state index contributed by atoms with van der Waals surface area (Å²) in [6.45, 7) is 3.34. The predicted octanol–water partition coefficient (Wildman–Crippen LogP) is 2.36. The summed E-state index contributed by atoms with van der Waals surface area (Å²) in [5.41, 5.74) is 0.319. The molecule has 0 bridgehead atoms. The molecule has 2 amide bonds. The van der Waals surface area contributed by atoms with Crippen molar-refractivity contribution in [2.75, 3.05) is 5.32 Å². The van der Waals surface area contributed by atoms with Gasteiger partial charge in [-0.05, 0) is 44.2 Å². The number of sulfonamides is 1. The number of carbonyl (C=O) groups is 1. The lowest BCUT2D eigenvalue weighted by molar-refractivity contribution is 0.243. The Bertz CT molecular complexity index is 826. The third-order valence-electron chi connectivity index (χ3n) is 2.80. The van der Waals surface area contributed by atoms with Crippen LogP contribution in [-0.2, 0) is 10.0 Å². The van der Waals surface area contributed by atoms with Crippen LogP contribution >= 0.6 is 0 Å². The van der Waals surface area contributed by atoms with Gasteiger partial charge in [-0.25, -0.2) is 27.3 Å². The van der Waals surface area contributed by atoms with E-state index in [-0.39, 0.29) is 6.04 Å². The van der Waals surface area contributed by atoms with Gasteiger partial charge in [0.2, 0.25) is 0 Å². The van der Waals surface area contributed by atoms with Gasteiger partial charge in [-0.2, -0.15) is 0 Å². The Morgan fingerprint density at radius 1 is 1.21 bits per heavy atom. The molecule has 2 rings (SSSR count). The fourth-order valence-electron chi connectivity index (χ4n) is 1.84. The zero-order chi connectivity index (χ0) is 17.7. The molecule has 3 N–H and O–H groups in total. The van der Waals surface area contributed by atoms with Gasteiger partial charge >= 0.3 is 6.03 Å². The van der Waals surface area contributed by atoms with Gasteiger partial charge in [-0.3, -0.25) is 0 Å². The number of benzene rings is 1. The van der Waals surface area contributed by atoms with Crippen molar-refractivity contribution in [1.29, 1.82) is 0 Å². The summed E-state index contributed by atoms with van der Waals surface area (Å²) >= 11 is 0. The monoisotopic (exact) mass is 352 g/mol. The second-order valence-corrected chi connectivity index (χ2v) is 6.87. The minimum Gasteiger partial charge on any atom is -0.340 e. The summed E-state index contributed by atoms with van der Waals surface area (Å²) in [6, 6.07) is 7.42. The Balaban J connectivity index is 2.26. The van der Waals surface area contributed by atoms with Crippen LogP contribution < -0.4 is 15.4 Å². The number of amides is 2. The normalized spacial score (nSPS) is 11.2. The third-order valence-corrected chi connectivity index (χ3v) is 4.15. The Morgan fingerprint density at radius 3 is 2.58 bits per heavy atom. The number of nitrogens with zero attached hydrogens (tertiary/aromatic N) is 1. The summed E-state index contributed by atoms with van der Waals surface area (Å²) < 4.78 is 40.1. The maximum atomic E-state index is 13.9. The smallest absolute Gasteiger partial charge is 0.328 e. The predicted molar refractivity (Wildman–Crippen MR) is 87.9 cm³/mol. The number of hydrogen-bond acceptors (Lipinski definition) is 5. The number of carbonyl (C=O) groups excluding carboxylic acids is 1. The van der Waals surface area contributed by atoms with E-state index in [0.29, 0.717) is 11.5 Å². The number of urea groups is 1. The molecule has 0 saturated carbocycles. The van der Waals surface area contributed by atoms with E-state index in [9.17, 15) is 17.6 Å². The zero-order valence-corrected chi connectivity index (χ0v) is 13.9. The summed E-state index contributed by atoms with van der Waals surface area (Å²) in [5, 5.41) is 5.22. The van der Waals surface area contributed by atoms with E-state index in [2.05, 4.69) is 15.6 Å². The van der Waals surface area contributed by atoms with Crippen molar-refractivity contribution in [2.24, 2.45) is 0 Å². The van der Waals surface area contributed by atoms with E-state index in [1.54, 1.807) is 43.0 Å². The lowest BCUT2D eigenvalue weighted by atomic mass is 10.3. The molecule has 1 aromatic heterocycles. The molecule has 0 fully saturated rings. The number of pyridine rings is 1. The molecule has 0 unspecified atom stereocenters. The van der Waals surface area contributed by atoms with Crippen molar-refractivity contribution in [3.8, 4) is 0 Å². The molecule has 0 aliphatic rings. The van der Waals surface area contributed by atoms with E-state index < -0.39 is 26.8 Å². The molecule has 0 aliphatic carbocycles. The maximum Gasteiger partial charge on any atom is 0.328 e. The second kappa shape index (κ2) is 7.26. The van der Waals surface area contributed by atoms with Gasteiger partial charge in [0, 0.05) is 17.9 Å². The number of rotatable bonds is 5. The van der Waals surface area contributed by atoms with Crippen molar-refractivity contribution in [3.05, 3.63) is 48.4 Å². The fourth-order valence-corrected chi connectivity index (χ4v) is 2.86. The number of nitrogens with one attached hydrogen (secondary N) is 3. The highest BCUT2D eigenvalue weighted by molar-refractivity contribution is 7.90. The minimum absolute atomic E-state index is 0.262. The molecule has 0 atom stereocenters. The maximum absolute atomic E-state index is 13.9. The first-order valence-electron chi connectivity index (χ1n) is 7.09. The average molecular weight is 352 g/mol. The lowest BCUT2D eigenvalue weighted by Gasteiger charge is -2.12. The van der Waals surface area contributed by atoms with Gasteiger partial charge in [-0.15, -0.1) is 0 Å². The molecular weight excluding hydrogens is 335 g/mol. The Morgan fingerprint density at radius 2 is 1.96 bits per heavy atom. The van der Waals surface area contributed by atoms with Gasteiger partial charge in [-0.1, -0.05) is 6.07 Å². The molecule has 0 saturated heterocycles. The highest BCUT2D eigenvalue weighted by atomic mass is 32.2. The highest BCUT2D eigenvalue weighted by Crippen LogP contribution is 2.21. The summed E-state index contributed by atoms with van der Waals surface area (Å²) in [7, 11) is -4.35. The van der Waals surface area contributed by atoms with Crippen LogP contribution in [0.3, 0.4) is 0 Å². The van der Waals surface area contributed by atoms with Gasteiger partial charge in [0.05, 0.1) is 0 Å². The van der Waals surface area contributed by atoms with Crippen molar-refractivity contribution >= 4 is 27.6 Å². The van der Waals surface area contributed by atoms with E-state index in [1.807, 2.05) is 0 Å². The largest absolute Gasteiger partial charge is 0.340 e. The lowest BCUT2D eigenvalue weighted by Crippen LogP contribution is -2.42. The number of halogens is 1. The van der Waals surface area contributed by atoms with E-state index >= 15 is 0 Å². The van der Waals surface area contributed by atoms with Gasteiger partial charge in [0.25, 0.3) is 10.0 Å². The summed E-state index contributed by atoms with van der Waals surface area (Å²) in [5.74, 6) is -0.496. The first-order valence-corrected chi connectivity index (χ1v) is 8.57. The van der Waals surface area contributed by atoms with Crippen LogP contribution in [0.15, 0.2) is 47.5 Å². The summed E-state index contributed by atoms with van der Waals surface area (Å²) in [4.78, 5) is 15.0. The summed E-state index contributed by atoms with van der Waals surface area (Å²) in [6.07, 6.45) is 1.56. The molecule has 0 radical (unpaired) electrons. The van der Waals surface area contributed by atoms with Crippen molar-refractivity contribution in [1.82, 2.24) is 15.0 Å². The van der Waals surface area contributed by atoms with Crippen LogP contribution in [0.25, 0.3) is 0 Å². The van der Waals surface area contributed by atoms with Crippen molar-refractivity contribution < 1.29 is 17.6 Å². The molecule has 128 valence electrons. The topological polar surface area (TPSA) is 100 Å². The van der Waals surface area contributed by atoms with Gasteiger partial charge < -0.3 is 10.6 Å². The van der Waals surface area contributed by atoms with E-state index in [4.69, 9.17) is 0 Å². The minimum atomic E-state index is -4.35. The zero-order valence-electron chi connectivity index (χ0n) is 13.1. The Kier molecular flexibility index (Phi) is 5.35. The van der Waals surface area contributed by atoms with E-state index in [0.717, 1.165) is 12.1 Å². The standard InChI is InChI=1S/C15H17FN4O3S/c1-10(2)18-15(21)20-24(22,23)13-9-11(6-7-12(13)16)19-14-5-3-4-8-17-14/h3-10H,1-2H3,(H,17,19)(H2,18,20,21). The van der Waals surface area contributed by atoms with Crippen LogP contribution in [0.1, 0.15) is 13.8 Å². The highest BCUT2D eigenvalue weighted by Gasteiger charge is 2.22. The van der Waals surface area contributed by atoms with Crippen LogP contribution in [0.2, 0.25) is 0 Å². The molecule has 1 heterocycles. The van der Waals surface area contributed by atoms with Crippen molar-refractivity contribution in [2.45, 2.75) is 24.8 Å². The SMILES string of the molecule is CC(C)NC(=O)NS(=O)(=O)c1cc(Nc2ccccn2)ccc1F. The molecule has 2 aromatic rings. The molecule has 1 aromatic carbocycles. The molecule has 0 spiro atoms. The first kappa shape index (κ1) is 17.7. The van der Waals surface area contributed by atoms with Crippen LogP contribution in [0, 0.1) is 5.82 Å². The van der Waals surface area contributed by atoms with Crippen molar-refractivity contribution in [3.63, 3.8) is 0 Å². The molecule has 24 heavy (non-hydrogen) atoms. The molecule has 0 aliphatic heterocycles. The molecule has 9 heteroatoms. The number of anilines is 2. The Hall–Kier alpha value is -2.68. The van der Waals surface area contributed by atoms with Crippen LogP contribution in [0.4, 0.5) is 20.7 Å². The molecular formula is C15H17FN4O3S. The second-order valence-electron chi connectivity index (χ2n) is 5.22. The Labute approximate surface area is 139 Å². The molecule has 7 nitrogen and oxygen atoms in total. The quantitative estimate of drug-likeness (QED) is 0.767. The average Bonchev–Trinajstić information content (AvgIpc) is 2.48. The first-order chi connectivity index (χ1) is 11.3. The fraction of sp³-hybridized carbons (Fsp3) is 0.200. The van der Waals surface area contributed by atoms with Gasteiger partial charge in [0.1, 0.15) is 16.5 Å². The van der Waals surface area contributed by atoms with Crippen LogP contribution in [-0.4, -0.2) is 25.5 Å². The van der Waals surface area contributed by atoms with E-state index in [1.165, 1.54) is 6.07 Å². The third kappa shape index (κ3) is 4.66.